The van der Waals surface area contributed by atoms with Gasteiger partial charge in [0.2, 0.25) is 0 Å². The number of nitrogens with zero attached hydrogens (tertiary/aromatic N) is 4. The highest BCUT2D eigenvalue weighted by molar-refractivity contribution is 5.41. The van der Waals surface area contributed by atoms with Gasteiger partial charge in [-0.25, -0.2) is 4.98 Å². The maximum Gasteiger partial charge on any atom is 0.155 e. The Balaban J connectivity index is 1.71. The van der Waals surface area contributed by atoms with Crippen molar-refractivity contribution < 1.29 is 9.47 Å². The molecule has 1 saturated heterocycles. The van der Waals surface area contributed by atoms with Crippen LogP contribution in [0.5, 0.6) is 5.75 Å². The van der Waals surface area contributed by atoms with E-state index in [-0.39, 0.29) is 6.10 Å². The zero-order chi connectivity index (χ0) is 18.0. The van der Waals surface area contributed by atoms with Crippen LogP contribution < -0.4 is 4.74 Å². The van der Waals surface area contributed by atoms with E-state index in [4.69, 9.17) is 9.47 Å². The first kappa shape index (κ1) is 17.8. The third kappa shape index (κ3) is 3.82. The molecular formula is C18H27N5O2. The van der Waals surface area contributed by atoms with Crippen LogP contribution >= 0.6 is 0 Å². The first-order chi connectivity index (χ1) is 12.0. The summed E-state index contributed by atoms with van der Waals surface area (Å²) < 4.78 is 11.4. The van der Waals surface area contributed by atoms with Gasteiger partial charge in [0.05, 0.1) is 19.4 Å². The summed E-state index contributed by atoms with van der Waals surface area (Å²) >= 11 is 0. The molecule has 3 rings (SSSR count). The summed E-state index contributed by atoms with van der Waals surface area (Å²) in [7, 11) is 1.71. The van der Waals surface area contributed by atoms with E-state index in [9.17, 15) is 0 Å². The van der Waals surface area contributed by atoms with Crippen LogP contribution in [0.3, 0.4) is 0 Å². The zero-order valence-electron chi connectivity index (χ0n) is 15.7. The summed E-state index contributed by atoms with van der Waals surface area (Å²) in [6.45, 7) is 11.3. The van der Waals surface area contributed by atoms with Crippen molar-refractivity contribution in [3.63, 3.8) is 0 Å². The Kier molecular flexibility index (Phi) is 5.34. The molecular weight excluding hydrogens is 318 g/mol. The van der Waals surface area contributed by atoms with Crippen molar-refractivity contribution in [3.8, 4) is 5.75 Å². The Morgan fingerprint density at radius 2 is 2.20 bits per heavy atom. The summed E-state index contributed by atoms with van der Waals surface area (Å²) in [6.07, 6.45) is 1.80. The van der Waals surface area contributed by atoms with Crippen molar-refractivity contribution in [1.82, 2.24) is 25.1 Å². The molecule has 7 heteroatoms. The van der Waals surface area contributed by atoms with Crippen LogP contribution in [0.25, 0.3) is 0 Å². The second-order valence-electron chi connectivity index (χ2n) is 6.87. The maximum absolute atomic E-state index is 5.90. The minimum atomic E-state index is -0.0820. The molecule has 3 heterocycles. The van der Waals surface area contributed by atoms with E-state index in [2.05, 4.69) is 45.8 Å². The molecule has 1 aliphatic rings. The van der Waals surface area contributed by atoms with Gasteiger partial charge >= 0.3 is 0 Å². The van der Waals surface area contributed by atoms with Crippen LogP contribution in [-0.2, 0) is 11.3 Å². The van der Waals surface area contributed by atoms with Gasteiger partial charge in [0.15, 0.2) is 11.6 Å². The molecule has 1 N–H and O–H groups in total. The molecule has 0 radical (unpaired) electrons. The minimum Gasteiger partial charge on any atom is -0.496 e. The van der Waals surface area contributed by atoms with Gasteiger partial charge in [-0.15, -0.1) is 0 Å². The van der Waals surface area contributed by atoms with Gasteiger partial charge in [-0.1, -0.05) is 13.8 Å². The lowest BCUT2D eigenvalue weighted by atomic mass is 10.1. The van der Waals surface area contributed by atoms with Crippen molar-refractivity contribution in [1.29, 1.82) is 0 Å². The average Bonchev–Trinajstić information content (AvgIpc) is 3.09. The average molecular weight is 345 g/mol. The highest BCUT2D eigenvalue weighted by Crippen LogP contribution is 2.26. The Morgan fingerprint density at radius 3 is 2.88 bits per heavy atom. The first-order valence-electron chi connectivity index (χ1n) is 8.74. The molecule has 0 spiro atoms. The molecule has 2 aromatic rings. The third-order valence-electron chi connectivity index (χ3n) is 4.62. The van der Waals surface area contributed by atoms with E-state index in [1.165, 1.54) is 0 Å². The number of morpholine rings is 1. The molecule has 0 aliphatic carbocycles. The van der Waals surface area contributed by atoms with E-state index >= 15 is 0 Å². The molecule has 136 valence electrons. The van der Waals surface area contributed by atoms with Crippen molar-refractivity contribution >= 4 is 0 Å². The Labute approximate surface area is 148 Å². The van der Waals surface area contributed by atoms with E-state index in [1.54, 1.807) is 7.11 Å². The Bertz CT molecular complexity index is 728. The summed E-state index contributed by atoms with van der Waals surface area (Å²) in [5.74, 6) is 2.86. The van der Waals surface area contributed by atoms with Crippen LogP contribution in [0.1, 0.15) is 54.3 Å². The topological polar surface area (TPSA) is 76.2 Å². The number of ether oxygens (including phenoxy) is 2. The lowest BCUT2D eigenvalue weighted by Crippen LogP contribution is -2.38. The maximum atomic E-state index is 5.90. The molecule has 0 bridgehead atoms. The molecule has 0 amide bonds. The summed E-state index contributed by atoms with van der Waals surface area (Å²) in [6, 6.07) is 0. The summed E-state index contributed by atoms with van der Waals surface area (Å²) in [5, 5.41) is 7.31. The number of H-pyrrole nitrogens is 1. The molecule has 0 saturated carbocycles. The fourth-order valence-electron chi connectivity index (χ4n) is 3.14. The van der Waals surface area contributed by atoms with Crippen molar-refractivity contribution in [2.24, 2.45) is 0 Å². The van der Waals surface area contributed by atoms with Crippen LogP contribution in [0.15, 0.2) is 6.20 Å². The molecule has 0 aromatic carbocycles. The minimum absolute atomic E-state index is 0.0820. The number of pyridine rings is 1. The molecule has 1 fully saturated rings. The molecule has 7 nitrogen and oxygen atoms in total. The Morgan fingerprint density at radius 1 is 1.40 bits per heavy atom. The third-order valence-corrected chi connectivity index (χ3v) is 4.62. The van der Waals surface area contributed by atoms with Crippen LogP contribution in [-0.4, -0.2) is 51.9 Å². The van der Waals surface area contributed by atoms with E-state index in [1.807, 2.05) is 13.1 Å². The quantitative estimate of drug-likeness (QED) is 0.897. The van der Waals surface area contributed by atoms with Crippen molar-refractivity contribution in [2.45, 2.75) is 46.3 Å². The van der Waals surface area contributed by atoms with Crippen LogP contribution in [0.4, 0.5) is 0 Å². The zero-order valence-corrected chi connectivity index (χ0v) is 15.7. The first-order valence-corrected chi connectivity index (χ1v) is 8.74. The molecule has 1 unspecified atom stereocenters. The second kappa shape index (κ2) is 7.49. The van der Waals surface area contributed by atoms with Gasteiger partial charge in [0.1, 0.15) is 11.9 Å². The molecule has 25 heavy (non-hydrogen) atoms. The number of hydrogen-bond donors (Lipinski definition) is 1. The number of aromatic amines is 1. The van der Waals surface area contributed by atoms with E-state index in [0.29, 0.717) is 12.5 Å². The number of rotatable bonds is 5. The predicted octanol–water partition coefficient (Wildman–Crippen LogP) is 2.52. The number of aromatic nitrogens is 4. The molecule has 2 aromatic heterocycles. The lowest BCUT2D eigenvalue weighted by molar-refractivity contribution is -0.0375. The van der Waals surface area contributed by atoms with Crippen molar-refractivity contribution in [3.05, 3.63) is 34.7 Å². The fourth-order valence-corrected chi connectivity index (χ4v) is 3.14. The predicted molar refractivity (Wildman–Crippen MR) is 94.7 cm³/mol. The van der Waals surface area contributed by atoms with Crippen LogP contribution in [0.2, 0.25) is 0 Å². The summed E-state index contributed by atoms with van der Waals surface area (Å²) in [5.41, 5.74) is 3.21. The normalized spacial score (nSPS) is 18.7. The van der Waals surface area contributed by atoms with Gasteiger partial charge in [0, 0.05) is 42.9 Å². The lowest BCUT2D eigenvalue weighted by Gasteiger charge is -2.32. The monoisotopic (exact) mass is 345 g/mol. The number of hydrogen-bond acceptors (Lipinski definition) is 6. The molecule has 1 atom stereocenters. The van der Waals surface area contributed by atoms with Gasteiger partial charge in [-0.05, 0) is 13.8 Å². The van der Waals surface area contributed by atoms with Gasteiger partial charge in [-0.3, -0.25) is 15.0 Å². The number of aryl methyl sites for hydroxylation is 1. The van der Waals surface area contributed by atoms with E-state index < -0.39 is 0 Å². The van der Waals surface area contributed by atoms with Gasteiger partial charge < -0.3 is 9.47 Å². The van der Waals surface area contributed by atoms with Gasteiger partial charge in [-0.2, -0.15) is 5.10 Å². The highest BCUT2D eigenvalue weighted by atomic mass is 16.5. The second-order valence-corrected chi connectivity index (χ2v) is 6.87. The SMILES string of the molecule is COc1c(C)cnc(CN2CCOC(c3nc(C(C)C)n[nH]3)C2)c1C. The smallest absolute Gasteiger partial charge is 0.155 e. The Hall–Kier alpha value is -1.99. The molecule has 1 aliphatic heterocycles. The number of methoxy groups -OCH3 is 1. The van der Waals surface area contributed by atoms with Crippen LogP contribution in [0, 0.1) is 13.8 Å². The van der Waals surface area contributed by atoms with Gasteiger partial charge in [0.25, 0.3) is 0 Å². The van der Waals surface area contributed by atoms with Crippen molar-refractivity contribution in [2.75, 3.05) is 26.8 Å². The largest absolute Gasteiger partial charge is 0.496 e. The number of nitrogens with one attached hydrogen (secondary N) is 1. The standard InChI is InChI=1S/C18H27N5O2/c1-11(2)17-20-18(22-21-17)15-10-23(6-7-25-15)9-14-13(4)16(24-5)12(3)8-19-14/h8,11,15H,6-7,9-10H2,1-5H3,(H,20,21,22). The highest BCUT2D eigenvalue weighted by Gasteiger charge is 2.26. The van der Waals surface area contributed by atoms with E-state index in [0.717, 1.165) is 53.9 Å². The fraction of sp³-hybridized carbons (Fsp3) is 0.611. The summed E-state index contributed by atoms with van der Waals surface area (Å²) in [4.78, 5) is 11.5.